The van der Waals surface area contributed by atoms with Gasteiger partial charge in [-0.3, -0.25) is 0 Å². The monoisotopic (exact) mass is 544 g/mol. The fourth-order valence-electron chi connectivity index (χ4n) is 6.40. The summed E-state index contributed by atoms with van der Waals surface area (Å²) in [6, 6.07) is 40.0. The van der Waals surface area contributed by atoms with Gasteiger partial charge in [0.25, 0.3) is 0 Å². The van der Waals surface area contributed by atoms with Crippen LogP contribution in [-0.2, 0) is 0 Å². The Labute approximate surface area is 247 Å². The van der Waals surface area contributed by atoms with Crippen LogP contribution in [0.3, 0.4) is 0 Å². The summed E-state index contributed by atoms with van der Waals surface area (Å²) in [6.07, 6.45) is 2.29. The maximum Gasteiger partial charge on any atom is 0.227 e. The number of methoxy groups -OCH3 is 1. The van der Waals surface area contributed by atoms with Crippen LogP contribution >= 0.6 is 0 Å². The molecule has 0 fully saturated rings. The zero-order valence-electron chi connectivity index (χ0n) is 24.8. The number of aromatic nitrogens is 1. The van der Waals surface area contributed by atoms with Crippen molar-refractivity contribution in [3.8, 4) is 39.3 Å². The van der Waals surface area contributed by atoms with Crippen LogP contribution in [0.5, 0.6) is 5.75 Å². The van der Waals surface area contributed by atoms with E-state index in [1.165, 1.54) is 77.4 Å². The molecule has 2 heterocycles. The minimum atomic E-state index is 0.867. The van der Waals surface area contributed by atoms with E-state index >= 15 is 0 Å². The smallest absolute Gasteiger partial charge is 0.227 e. The number of ether oxygens (including phenoxy) is 1. The van der Waals surface area contributed by atoms with E-state index in [0.29, 0.717) is 0 Å². The van der Waals surface area contributed by atoms with E-state index in [-0.39, 0.29) is 0 Å². The van der Waals surface area contributed by atoms with Gasteiger partial charge in [0.15, 0.2) is 6.20 Å². The van der Waals surface area contributed by atoms with Gasteiger partial charge >= 0.3 is 0 Å². The van der Waals surface area contributed by atoms with Crippen LogP contribution in [0.4, 0.5) is 0 Å². The normalized spacial score (nSPS) is 11.5. The van der Waals surface area contributed by atoms with Gasteiger partial charge in [-0.25, -0.2) is 0 Å². The molecule has 0 aliphatic heterocycles. The highest BCUT2D eigenvalue weighted by Crippen LogP contribution is 2.44. The first kappa shape index (κ1) is 26.0. The Kier molecular flexibility index (Phi) is 6.28. The minimum Gasteiger partial charge on any atom is -0.496 e. The molecule has 0 N–H and O–H groups in total. The predicted molar refractivity (Wildman–Crippen MR) is 176 cm³/mol. The van der Waals surface area contributed by atoms with Gasteiger partial charge in [0.2, 0.25) is 11.2 Å². The SMILES string of the molecule is COc1cccc2c(-c3ccc(C)cc3)c3c4cccc(C)c4c(-c4ccc(C)cc4)c(-c4ccc(C)cc4)[n+]3cc12. The van der Waals surface area contributed by atoms with E-state index in [9.17, 15) is 0 Å². The van der Waals surface area contributed by atoms with E-state index in [4.69, 9.17) is 4.74 Å². The van der Waals surface area contributed by atoms with Gasteiger partial charge in [0, 0.05) is 16.3 Å². The molecule has 2 nitrogen and oxygen atoms in total. The first-order chi connectivity index (χ1) is 20.4. The molecule has 2 aromatic heterocycles. The van der Waals surface area contributed by atoms with Gasteiger partial charge in [-0.2, -0.15) is 4.40 Å². The molecule has 0 atom stereocenters. The molecule has 0 saturated carbocycles. The molecule has 7 rings (SSSR count). The molecular formula is C40H34NO+. The quantitative estimate of drug-likeness (QED) is 0.122. The summed E-state index contributed by atoms with van der Waals surface area (Å²) in [5.41, 5.74) is 13.4. The first-order valence-corrected chi connectivity index (χ1v) is 14.6. The third kappa shape index (κ3) is 4.14. The average Bonchev–Trinajstić information content (AvgIpc) is 3.01. The van der Waals surface area contributed by atoms with Gasteiger partial charge in [-0.05, 0) is 68.7 Å². The number of hydrogen-bond donors (Lipinski definition) is 0. The van der Waals surface area contributed by atoms with Crippen LogP contribution < -0.4 is 9.14 Å². The molecule has 0 unspecified atom stereocenters. The molecule has 0 saturated heterocycles. The van der Waals surface area contributed by atoms with Crippen molar-refractivity contribution in [1.82, 2.24) is 0 Å². The van der Waals surface area contributed by atoms with Gasteiger partial charge in [-0.15, -0.1) is 0 Å². The number of fused-ring (bicyclic) bond motifs is 4. The summed E-state index contributed by atoms with van der Waals surface area (Å²) in [6.45, 7) is 8.68. The van der Waals surface area contributed by atoms with Crippen LogP contribution in [0.15, 0.2) is 115 Å². The Morgan fingerprint density at radius 3 is 1.62 bits per heavy atom. The third-order valence-corrected chi connectivity index (χ3v) is 8.55. The van der Waals surface area contributed by atoms with Crippen LogP contribution in [0.25, 0.3) is 60.6 Å². The van der Waals surface area contributed by atoms with E-state index in [1.807, 2.05) is 0 Å². The van der Waals surface area contributed by atoms with Crippen LogP contribution in [-0.4, -0.2) is 7.11 Å². The number of hydrogen-bond acceptors (Lipinski definition) is 1. The van der Waals surface area contributed by atoms with E-state index in [1.54, 1.807) is 7.11 Å². The molecule has 42 heavy (non-hydrogen) atoms. The summed E-state index contributed by atoms with van der Waals surface area (Å²) in [7, 11) is 1.76. The van der Waals surface area contributed by atoms with Gasteiger partial charge in [0.1, 0.15) is 5.75 Å². The molecule has 0 aliphatic rings. The Bertz CT molecular complexity index is 2120. The summed E-state index contributed by atoms with van der Waals surface area (Å²) in [4.78, 5) is 0. The summed E-state index contributed by atoms with van der Waals surface area (Å²) >= 11 is 0. The lowest BCUT2D eigenvalue weighted by atomic mass is 9.87. The fourth-order valence-corrected chi connectivity index (χ4v) is 6.40. The van der Waals surface area contributed by atoms with Crippen molar-refractivity contribution in [3.05, 3.63) is 138 Å². The van der Waals surface area contributed by atoms with Crippen molar-refractivity contribution in [3.63, 3.8) is 0 Å². The largest absolute Gasteiger partial charge is 0.496 e. The Hall–Kier alpha value is -4.95. The molecule has 0 radical (unpaired) electrons. The zero-order valence-corrected chi connectivity index (χ0v) is 24.8. The van der Waals surface area contributed by atoms with Crippen molar-refractivity contribution < 1.29 is 9.14 Å². The summed E-state index contributed by atoms with van der Waals surface area (Å²) in [5.74, 6) is 0.867. The second-order valence-electron chi connectivity index (χ2n) is 11.5. The Morgan fingerprint density at radius 2 is 1.02 bits per heavy atom. The highest BCUT2D eigenvalue weighted by Gasteiger charge is 2.30. The van der Waals surface area contributed by atoms with E-state index in [2.05, 4.69) is 147 Å². The molecular weight excluding hydrogens is 510 g/mol. The van der Waals surface area contributed by atoms with Crippen molar-refractivity contribution in [2.75, 3.05) is 7.11 Å². The van der Waals surface area contributed by atoms with Crippen molar-refractivity contribution in [1.29, 1.82) is 0 Å². The molecule has 0 amide bonds. The number of nitrogens with zero attached hydrogens (tertiary/aromatic N) is 1. The fraction of sp³-hybridized carbons (Fsp3) is 0.125. The number of rotatable bonds is 4. The van der Waals surface area contributed by atoms with Crippen molar-refractivity contribution in [2.45, 2.75) is 27.7 Å². The van der Waals surface area contributed by atoms with Gasteiger partial charge in [0.05, 0.1) is 29.0 Å². The van der Waals surface area contributed by atoms with Crippen LogP contribution in [0, 0.1) is 27.7 Å². The van der Waals surface area contributed by atoms with E-state index in [0.717, 1.165) is 11.1 Å². The van der Waals surface area contributed by atoms with Crippen LogP contribution in [0.1, 0.15) is 22.3 Å². The third-order valence-electron chi connectivity index (χ3n) is 8.55. The highest BCUT2D eigenvalue weighted by atomic mass is 16.5. The topological polar surface area (TPSA) is 13.3 Å². The lowest BCUT2D eigenvalue weighted by Crippen LogP contribution is -2.27. The highest BCUT2D eigenvalue weighted by molar-refractivity contribution is 6.16. The summed E-state index contributed by atoms with van der Waals surface area (Å²) in [5, 5.41) is 4.79. The maximum atomic E-state index is 5.97. The average molecular weight is 545 g/mol. The second-order valence-corrected chi connectivity index (χ2v) is 11.5. The zero-order chi connectivity index (χ0) is 29.0. The lowest BCUT2D eigenvalue weighted by molar-refractivity contribution is -0.495. The van der Waals surface area contributed by atoms with Crippen molar-refractivity contribution >= 4 is 27.1 Å². The molecule has 2 heteroatoms. The number of benzene rings is 5. The minimum absolute atomic E-state index is 0.867. The van der Waals surface area contributed by atoms with E-state index < -0.39 is 0 Å². The molecule has 0 bridgehead atoms. The number of aryl methyl sites for hydroxylation is 4. The lowest BCUT2D eigenvalue weighted by Gasteiger charge is -2.18. The first-order valence-electron chi connectivity index (χ1n) is 14.6. The van der Waals surface area contributed by atoms with Crippen LogP contribution in [0.2, 0.25) is 0 Å². The van der Waals surface area contributed by atoms with Gasteiger partial charge < -0.3 is 4.74 Å². The molecule has 204 valence electrons. The standard InChI is InChI=1S/C40H34NO/c1-25-12-18-29(19-13-25)37-32-9-7-11-35(42-5)34(32)24-41-39(31-22-16-27(3)17-23-31)38(30-20-14-26(2)15-21-30)36-28(4)8-6-10-33(36)40(37)41/h6-24H,1-5H3/q+1. The molecule has 5 aromatic carbocycles. The van der Waals surface area contributed by atoms with Gasteiger partial charge in [-0.1, -0.05) is 102 Å². The Balaban J connectivity index is 1.81. The summed E-state index contributed by atoms with van der Waals surface area (Å²) < 4.78 is 8.40. The van der Waals surface area contributed by atoms with Crippen molar-refractivity contribution in [2.24, 2.45) is 0 Å². The molecule has 7 aromatic rings. The number of pyridine rings is 2. The molecule has 0 aliphatic carbocycles. The Morgan fingerprint density at radius 1 is 0.500 bits per heavy atom. The molecule has 0 spiro atoms. The predicted octanol–water partition coefficient (Wildman–Crippen LogP) is 9.97. The second kappa shape index (κ2) is 10.2. The maximum absolute atomic E-state index is 5.97.